The molecular weight excluding hydrogens is 332 g/mol. The number of aromatic amines is 1. The second-order valence-corrected chi connectivity index (χ2v) is 6.75. The molecule has 0 bridgehead atoms. The molecule has 0 saturated heterocycles. The van der Waals surface area contributed by atoms with Gasteiger partial charge in [0.2, 0.25) is 0 Å². The molecule has 25 heavy (non-hydrogen) atoms. The molecular formula is C20H22N2O2S. The van der Waals surface area contributed by atoms with Gasteiger partial charge in [0.1, 0.15) is 0 Å². The van der Waals surface area contributed by atoms with Crippen molar-refractivity contribution in [3.8, 4) is 11.5 Å². The maximum atomic E-state index is 5.86. The standard InChI is InChI=1S/C20H22N2O2S/c1-4-5-15-7-9-18(19(13-15)23-3)24-10-11-25-20-21-16-8-6-14(2)12-17(16)22-20/h4-9,12-13H,10-11H2,1-3H3,(H,21,22). The Labute approximate surface area is 152 Å². The van der Waals surface area contributed by atoms with Gasteiger partial charge in [0, 0.05) is 5.75 Å². The second-order valence-electron chi connectivity index (χ2n) is 5.67. The van der Waals surface area contributed by atoms with E-state index in [9.17, 15) is 0 Å². The smallest absolute Gasteiger partial charge is 0.166 e. The number of nitrogens with zero attached hydrogens (tertiary/aromatic N) is 1. The van der Waals surface area contributed by atoms with E-state index < -0.39 is 0 Å². The molecule has 4 nitrogen and oxygen atoms in total. The molecule has 0 unspecified atom stereocenters. The molecule has 0 saturated carbocycles. The van der Waals surface area contributed by atoms with Crippen LogP contribution in [0.5, 0.6) is 11.5 Å². The Bertz CT molecular complexity index is 887. The Morgan fingerprint density at radius 3 is 2.84 bits per heavy atom. The predicted octanol–water partition coefficient (Wildman–Crippen LogP) is 5.08. The van der Waals surface area contributed by atoms with Gasteiger partial charge in [-0.2, -0.15) is 0 Å². The van der Waals surface area contributed by atoms with E-state index in [-0.39, 0.29) is 0 Å². The fourth-order valence-electron chi connectivity index (χ4n) is 2.56. The van der Waals surface area contributed by atoms with Crippen molar-refractivity contribution in [3.05, 3.63) is 53.6 Å². The van der Waals surface area contributed by atoms with Crippen LogP contribution in [0.1, 0.15) is 18.1 Å². The lowest BCUT2D eigenvalue weighted by Crippen LogP contribution is -2.02. The average Bonchev–Trinajstić information content (AvgIpc) is 3.01. The molecule has 0 radical (unpaired) electrons. The first-order valence-electron chi connectivity index (χ1n) is 8.22. The molecule has 130 valence electrons. The Morgan fingerprint density at radius 1 is 1.16 bits per heavy atom. The van der Waals surface area contributed by atoms with Crippen LogP contribution < -0.4 is 9.47 Å². The molecule has 1 heterocycles. The van der Waals surface area contributed by atoms with Crippen LogP contribution >= 0.6 is 11.8 Å². The van der Waals surface area contributed by atoms with Crippen LogP contribution in [-0.4, -0.2) is 29.4 Å². The maximum Gasteiger partial charge on any atom is 0.166 e. The van der Waals surface area contributed by atoms with Gasteiger partial charge < -0.3 is 14.5 Å². The van der Waals surface area contributed by atoms with Crippen molar-refractivity contribution in [1.82, 2.24) is 9.97 Å². The number of thioether (sulfide) groups is 1. The topological polar surface area (TPSA) is 47.1 Å². The summed E-state index contributed by atoms with van der Waals surface area (Å²) in [4.78, 5) is 7.93. The minimum absolute atomic E-state index is 0.583. The van der Waals surface area contributed by atoms with E-state index in [1.807, 2.05) is 43.3 Å². The van der Waals surface area contributed by atoms with Gasteiger partial charge in [0.25, 0.3) is 0 Å². The Kier molecular flexibility index (Phi) is 5.66. The van der Waals surface area contributed by atoms with Crippen LogP contribution in [0.25, 0.3) is 17.1 Å². The molecule has 3 rings (SSSR count). The van der Waals surface area contributed by atoms with E-state index in [2.05, 4.69) is 29.0 Å². The van der Waals surface area contributed by atoms with E-state index in [1.165, 1.54) is 5.56 Å². The second kappa shape index (κ2) is 8.12. The maximum absolute atomic E-state index is 5.86. The summed E-state index contributed by atoms with van der Waals surface area (Å²) in [6, 6.07) is 12.2. The zero-order valence-electron chi connectivity index (χ0n) is 14.7. The van der Waals surface area contributed by atoms with Gasteiger partial charge in [0.15, 0.2) is 16.7 Å². The average molecular weight is 354 g/mol. The Morgan fingerprint density at radius 2 is 2.04 bits per heavy atom. The zero-order valence-corrected chi connectivity index (χ0v) is 15.5. The summed E-state index contributed by atoms with van der Waals surface area (Å²) in [6.07, 6.45) is 4.03. The number of allylic oxidation sites excluding steroid dienone is 1. The van der Waals surface area contributed by atoms with Crippen molar-refractivity contribution in [3.63, 3.8) is 0 Å². The third kappa shape index (κ3) is 4.37. The van der Waals surface area contributed by atoms with Crippen molar-refractivity contribution in [2.24, 2.45) is 0 Å². The first-order chi connectivity index (χ1) is 12.2. The highest BCUT2D eigenvalue weighted by atomic mass is 32.2. The number of H-pyrrole nitrogens is 1. The van der Waals surface area contributed by atoms with Crippen LogP contribution in [0.4, 0.5) is 0 Å². The highest BCUT2D eigenvalue weighted by molar-refractivity contribution is 7.99. The van der Waals surface area contributed by atoms with Crippen LogP contribution in [0.2, 0.25) is 0 Å². The molecule has 1 N–H and O–H groups in total. The lowest BCUT2D eigenvalue weighted by molar-refractivity contribution is 0.313. The van der Waals surface area contributed by atoms with E-state index >= 15 is 0 Å². The Hall–Kier alpha value is -2.40. The third-order valence-electron chi connectivity index (χ3n) is 3.74. The molecule has 0 aliphatic carbocycles. The van der Waals surface area contributed by atoms with Crippen molar-refractivity contribution in [2.75, 3.05) is 19.5 Å². The summed E-state index contributed by atoms with van der Waals surface area (Å²) >= 11 is 1.65. The summed E-state index contributed by atoms with van der Waals surface area (Å²) in [5.41, 5.74) is 4.39. The Balaban J connectivity index is 1.57. The number of hydrogen-bond acceptors (Lipinski definition) is 4. The third-order valence-corrected chi connectivity index (χ3v) is 4.58. The monoisotopic (exact) mass is 354 g/mol. The molecule has 0 aliphatic heterocycles. The van der Waals surface area contributed by atoms with Crippen molar-refractivity contribution >= 4 is 28.9 Å². The van der Waals surface area contributed by atoms with Crippen LogP contribution in [0, 0.1) is 6.92 Å². The fourth-order valence-corrected chi connectivity index (χ4v) is 3.26. The molecule has 0 atom stereocenters. The molecule has 0 fully saturated rings. The highest BCUT2D eigenvalue weighted by Gasteiger charge is 2.06. The van der Waals surface area contributed by atoms with Gasteiger partial charge >= 0.3 is 0 Å². The quantitative estimate of drug-likeness (QED) is 0.474. The number of imidazole rings is 1. The summed E-state index contributed by atoms with van der Waals surface area (Å²) in [5.74, 6) is 2.31. The first-order valence-corrected chi connectivity index (χ1v) is 9.21. The van der Waals surface area contributed by atoms with Gasteiger partial charge in [-0.25, -0.2) is 4.98 Å². The summed E-state index contributed by atoms with van der Waals surface area (Å²) in [7, 11) is 1.66. The predicted molar refractivity (Wildman–Crippen MR) is 105 cm³/mol. The van der Waals surface area contributed by atoms with Crippen LogP contribution in [-0.2, 0) is 0 Å². The number of rotatable bonds is 7. The summed E-state index contributed by atoms with van der Waals surface area (Å²) in [6.45, 7) is 4.66. The number of fused-ring (bicyclic) bond motifs is 1. The zero-order chi connectivity index (χ0) is 17.6. The minimum Gasteiger partial charge on any atom is -0.493 e. The van der Waals surface area contributed by atoms with Crippen LogP contribution in [0.15, 0.2) is 47.6 Å². The molecule has 2 aromatic carbocycles. The van der Waals surface area contributed by atoms with E-state index in [0.717, 1.165) is 39.0 Å². The number of benzene rings is 2. The number of aromatic nitrogens is 2. The van der Waals surface area contributed by atoms with Crippen molar-refractivity contribution in [1.29, 1.82) is 0 Å². The van der Waals surface area contributed by atoms with Gasteiger partial charge in [0.05, 0.1) is 24.8 Å². The normalized spacial score (nSPS) is 11.3. The van der Waals surface area contributed by atoms with Gasteiger partial charge in [-0.3, -0.25) is 0 Å². The fraction of sp³-hybridized carbons (Fsp3) is 0.250. The molecule has 5 heteroatoms. The number of aryl methyl sites for hydroxylation is 1. The van der Waals surface area contributed by atoms with Gasteiger partial charge in [-0.1, -0.05) is 36.0 Å². The van der Waals surface area contributed by atoms with Crippen molar-refractivity contribution in [2.45, 2.75) is 19.0 Å². The lowest BCUT2D eigenvalue weighted by atomic mass is 10.2. The van der Waals surface area contributed by atoms with E-state index in [0.29, 0.717) is 6.61 Å². The number of hydrogen-bond donors (Lipinski definition) is 1. The summed E-state index contributed by atoms with van der Waals surface area (Å²) < 4.78 is 11.3. The lowest BCUT2D eigenvalue weighted by Gasteiger charge is -2.11. The highest BCUT2D eigenvalue weighted by Crippen LogP contribution is 2.29. The van der Waals surface area contributed by atoms with Crippen LogP contribution in [0.3, 0.4) is 0 Å². The number of nitrogens with one attached hydrogen (secondary N) is 1. The number of methoxy groups -OCH3 is 1. The van der Waals surface area contributed by atoms with Crippen molar-refractivity contribution < 1.29 is 9.47 Å². The van der Waals surface area contributed by atoms with E-state index in [1.54, 1.807) is 18.9 Å². The molecule has 1 aromatic heterocycles. The van der Waals surface area contributed by atoms with Gasteiger partial charge in [-0.05, 0) is 49.2 Å². The molecule has 0 amide bonds. The van der Waals surface area contributed by atoms with E-state index in [4.69, 9.17) is 9.47 Å². The molecule has 0 aliphatic rings. The SMILES string of the molecule is CC=Cc1ccc(OCCSc2nc3ccc(C)cc3[nH]2)c(OC)c1. The summed E-state index contributed by atoms with van der Waals surface area (Å²) in [5, 5.41) is 0.916. The number of ether oxygens (including phenoxy) is 2. The van der Waals surface area contributed by atoms with Gasteiger partial charge in [-0.15, -0.1) is 0 Å². The first kappa shape index (κ1) is 17.4. The largest absolute Gasteiger partial charge is 0.493 e. The molecule has 0 spiro atoms. The minimum atomic E-state index is 0.583. The molecule has 3 aromatic rings.